The van der Waals surface area contributed by atoms with Crippen LogP contribution in [0, 0.1) is 0 Å². The predicted molar refractivity (Wildman–Crippen MR) is 149 cm³/mol. The van der Waals surface area contributed by atoms with Gasteiger partial charge >= 0.3 is 0 Å². The number of para-hydroxylation sites is 1. The summed E-state index contributed by atoms with van der Waals surface area (Å²) in [7, 11) is 1.54. The Labute approximate surface area is 224 Å². The second-order valence-corrected chi connectivity index (χ2v) is 10.7. The van der Waals surface area contributed by atoms with Crippen LogP contribution in [0.3, 0.4) is 0 Å². The molecule has 0 radical (unpaired) electrons. The molecule has 38 heavy (non-hydrogen) atoms. The number of ketones is 1. The van der Waals surface area contributed by atoms with Gasteiger partial charge in [0.25, 0.3) is 5.91 Å². The molecular weight excluding hydrogens is 480 g/mol. The SMILES string of the molecule is CCN(CC)CCCN1C(=O)C(O)=C(C(=O)c2cc3cccc(OC)c3o2)[C@H]1c1ccc(C(C)(C)C)cc1. The first kappa shape index (κ1) is 27.5. The van der Waals surface area contributed by atoms with Gasteiger partial charge < -0.3 is 24.1 Å². The molecule has 1 aliphatic heterocycles. The number of methoxy groups -OCH3 is 1. The zero-order chi connectivity index (χ0) is 27.6. The van der Waals surface area contributed by atoms with E-state index in [1.165, 1.54) is 7.11 Å². The van der Waals surface area contributed by atoms with E-state index in [0.717, 1.165) is 37.2 Å². The van der Waals surface area contributed by atoms with Crippen molar-refractivity contribution in [2.45, 2.75) is 52.5 Å². The average molecular weight is 519 g/mol. The van der Waals surface area contributed by atoms with Crippen molar-refractivity contribution in [3.05, 3.63) is 76.8 Å². The lowest BCUT2D eigenvalue weighted by Gasteiger charge is -2.28. The summed E-state index contributed by atoms with van der Waals surface area (Å²) >= 11 is 0. The summed E-state index contributed by atoms with van der Waals surface area (Å²) in [5, 5.41) is 11.8. The topological polar surface area (TPSA) is 83.2 Å². The second kappa shape index (κ2) is 11.0. The normalized spacial score (nSPS) is 16.2. The van der Waals surface area contributed by atoms with Crippen molar-refractivity contribution in [3.63, 3.8) is 0 Å². The van der Waals surface area contributed by atoms with Crippen molar-refractivity contribution in [3.8, 4) is 5.75 Å². The number of nitrogens with zero attached hydrogens (tertiary/aromatic N) is 2. The summed E-state index contributed by atoms with van der Waals surface area (Å²) in [6.45, 7) is 13.7. The van der Waals surface area contributed by atoms with Gasteiger partial charge in [-0.05, 0) is 54.7 Å². The van der Waals surface area contributed by atoms with Gasteiger partial charge in [0.2, 0.25) is 5.78 Å². The van der Waals surface area contributed by atoms with Crippen LogP contribution >= 0.6 is 0 Å². The highest BCUT2D eigenvalue weighted by Crippen LogP contribution is 2.41. The van der Waals surface area contributed by atoms with Crippen LogP contribution in [-0.4, -0.2) is 59.9 Å². The van der Waals surface area contributed by atoms with Crippen molar-refractivity contribution in [1.82, 2.24) is 9.80 Å². The fraction of sp³-hybridized carbons (Fsp3) is 0.419. The Morgan fingerprint density at radius 1 is 1.11 bits per heavy atom. The van der Waals surface area contributed by atoms with Crippen LogP contribution in [0.4, 0.5) is 0 Å². The van der Waals surface area contributed by atoms with Crippen LogP contribution < -0.4 is 4.74 Å². The number of carbonyl (C=O) groups excluding carboxylic acids is 2. The molecule has 1 amide bonds. The minimum absolute atomic E-state index is 0.0411. The molecule has 7 heteroatoms. The van der Waals surface area contributed by atoms with Gasteiger partial charge in [-0.25, -0.2) is 0 Å². The maximum absolute atomic E-state index is 13.9. The number of Topliss-reactive ketones (excluding diaryl/α,β-unsaturated/α-hetero) is 1. The zero-order valence-electron chi connectivity index (χ0n) is 23.2. The molecule has 3 aromatic rings. The van der Waals surface area contributed by atoms with Crippen LogP contribution in [0.25, 0.3) is 11.0 Å². The lowest BCUT2D eigenvalue weighted by atomic mass is 9.85. The van der Waals surface area contributed by atoms with Crippen LogP contribution in [0.2, 0.25) is 0 Å². The van der Waals surface area contributed by atoms with Gasteiger partial charge in [-0.2, -0.15) is 0 Å². The van der Waals surface area contributed by atoms with Crippen molar-refractivity contribution in [1.29, 1.82) is 0 Å². The Morgan fingerprint density at radius 2 is 1.79 bits per heavy atom. The summed E-state index contributed by atoms with van der Waals surface area (Å²) < 4.78 is 11.3. The van der Waals surface area contributed by atoms with Gasteiger partial charge in [0, 0.05) is 11.9 Å². The molecule has 0 bridgehead atoms. The summed E-state index contributed by atoms with van der Waals surface area (Å²) in [4.78, 5) is 31.1. The third-order valence-corrected chi connectivity index (χ3v) is 7.36. The van der Waals surface area contributed by atoms with E-state index >= 15 is 0 Å². The largest absolute Gasteiger partial charge is 0.503 e. The fourth-order valence-corrected chi connectivity index (χ4v) is 5.07. The van der Waals surface area contributed by atoms with E-state index in [4.69, 9.17) is 9.15 Å². The third kappa shape index (κ3) is 5.20. The number of hydrogen-bond acceptors (Lipinski definition) is 6. The van der Waals surface area contributed by atoms with Crippen LogP contribution in [0.1, 0.15) is 68.8 Å². The Hall–Kier alpha value is -3.58. The van der Waals surface area contributed by atoms with E-state index in [9.17, 15) is 14.7 Å². The van der Waals surface area contributed by atoms with Crippen molar-refractivity contribution in [2.24, 2.45) is 0 Å². The smallest absolute Gasteiger partial charge is 0.290 e. The summed E-state index contributed by atoms with van der Waals surface area (Å²) in [6.07, 6.45) is 0.723. The number of ether oxygens (including phenoxy) is 1. The number of rotatable bonds is 10. The number of amides is 1. The van der Waals surface area contributed by atoms with Crippen molar-refractivity contribution in [2.75, 3.05) is 33.3 Å². The Kier molecular flexibility index (Phi) is 7.97. The number of aliphatic hydroxyl groups is 1. The highest BCUT2D eigenvalue weighted by molar-refractivity contribution is 6.16. The monoisotopic (exact) mass is 518 g/mol. The van der Waals surface area contributed by atoms with Crippen LogP contribution in [-0.2, 0) is 10.2 Å². The van der Waals surface area contributed by atoms with Crippen LogP contribution in [0.5, 0.6) is 5.75 Å². The quantitative estimate of drug-likeness (QED) is 0.329. The molecule has 2 heterocycles. The van der Waals surface area contributed by atoms with Gasteiger partial charge in [-0.1, -0.05) is 71.0 Å². The third-order valence-electron chi connectivity index (χ3n) is 7.36. The average Bonchev–Trinajstić information content (AvgIpc) is 3.45. The minimum Gasteiger partial charge on any atom is -0.503 e. The van der Waals surface area contributed by atoms with E-state index in [-0.39, 0.29) is 16.7 Å². The molecule has 0 spiro atoms. The molecule has 4 rings (SSSR count). The molecule has 1 N–H and O–H groups in total. The molecule has 7 nitrogen and oxygen atoms in total. The Morgan fingerprint density at radius 3 is 2.39 bits per heavy atom. The van der Waals surface area contributed by atoms with Crippen LogP contribution in [0.15, 0.2) is 64.3 Å². The summed E-state index contributed by atoms with van der Waals surface area (Å²) in [5.41, 5.74) is 2.36. The lowest BCUT2D eigenvalue weighted by molar-refractivity contribution is -0.129. The molecule has 2 aromatic carbocycles. The predicted octanol–water partition coefficient (Wildman–Crippen LogP) is 6.05. The number of furan rings is 1. The first-order chi connectivity index (χ1) is 18.1. The van der Waals surface area contributed by atoms with E-state index < -0.39 is 23.5 Å². The Balaban J connectivity index is 1.74. The molecule has 202 valence electrons. The molecule has 0 unspecified atom stereocenters. The number of benzene rings is 2. The standard InChI is InChI=1S/C31H38N2O5/c1-7-32(8-2)17-10-18-33-26(20-13-15-22(16-14-20)31(3,4)5)25(28(35)30(33)36)27(34)24-19-21-11-9-12-23(37-6)29(21)38-24/h9,11-16,19,26,35H,7-8,10,17-18H2,1-6H3/t26-/m1/s1. The molecule has 0 saturated carbocycles. The molecule has 0 aliphatic carbocycles. The first-order valence-electron chi connectivity index (χ1n) is 13.3. The number of carbonyl (C=O) groups is 2. The lowest BCUT2D eigenvalue weighted by Crippen LogP contribution is -2.34. The first-order valence-corrected chi connectivity index (χ1v) is 13.3. The Bertz CT molecular complexity index is 1340. The minimum atomic E-state index is -0.712. The van der Waals surface area contributed by atoms with Crippen molar-refractivity contribution >= 4 is 22.7 Å². The molecule has 0 saturated heterocycles. The molecule has 0 fully saturated rings. The van der Waals surface area contributed by atoms with Crippen molar-refractivity contribution < 1.29 is 23.8 Å². The van der Waals surface area contributed by atoms with E-state index in [1.807, 2.05) is 36.4 Å². The van der Waals surface area contributed by atoms with E-state index in [1.54, 1.807) is 17.0 Å². The van der Waals surface area contributed by atoms with Gasteiger partial charge in [0.15, 0.2) is 22.9 Å². The maximum atomic E-state index is 13.9. The number of fused-ring (bicyclic) bond motifs is 1. The van der Waals surface area contributed by atoms with Gasteiger partial charge in [-0.15, -0.1) is 0 Å². The molecule has 1 aromatic heterocycles. The van der Waals surface area contributed by atoms with E-state index in [0.29, 0.717) is 23.3 Å². The molecule has 1 atom stereocenters. The van der Waals surface area contributed by atoms with E-state index in [2.05, 4.69) is 39.5 Å². The highest BCUT2D eigenvalue weighted by Gasteiger charge is 2.44. The van der Waals surface area contributed by atoms with Gasteiger partial charge in [-0.3, -0.25) is 9.59 Å². The van der Waals surface area contributed by atoms with Gasteiger partial charge in [0.1, 0.15) is 0 Å². The summed E-state index contributed by atoms with van der Waals surface area (Å²) in [6, 6.07) is 14.3. The second-order valence-electron chi connectivity index (χ2n) is 10.7. The highest BCUT2D eigenvalue weighted by atomic mass is 16.5. The molecule has 1 aliphatic rings. The number of aliphatic hydroxyl groups excluding tert-OH is 1. The zero-order valence-corrected chi connectivity index (χ0v) is 23.2. The van der Waals surface area contributed by atoms with Gasteiger partial charge in [0.05, 0.1) is 18.7 Å². The fourth-order valence-electron chi connectivity index (χ4n) is 5.07. The molecular formula is C31H38N2O5. The summed E-state index contributed by atoms with van der Waals surface area (Å²) in [5.74, 6) is -0.998. The number of hydrogen-bond donors (Lipinski definition) is 1. The maximum Gasteiger partial charge on any atom is 0.290 e.